The summed E-state index contributed by atoms with van der Waals surface area (Å²) in [5, 5.41) is 6.23. The molecule has 5 heteroatoms. The van der Waals surface area contributed by atoms with E-state index in [1.807, 2.05) is 41.9 Å². The van der Waals surface area contributed by atoms with Gasteiger partial charge in [0, 0.05) is 21.1 Å². The first-order valence-electron chi connectivity index (χ1n) is 5.42. The van der Waals surface area contributed by atoms with Gasteiger partial charge in [-0.2, -0.15) is 5.10 Å². The minimum absolute atomic E-state index is 0.686. The van der Waals surface area contributed by atoms with E-state index < -0.39 is 0 Å². The molecule has 3 aromatic rings. The monoisotopic (exact) mass is 321 g/mol. The number of benzene rings is 1. The van der Waals surface area contributed by atoms with Gasteiger partial charge >= 0.3 is 0 Å². The van der Waals surface area contributed by atoms with E-state index >= 15 is 0 Å². The molecule has 0 saturated carbocycles. The third-order valence-electron chi connectivity index (χ3n) is 2.73. The summed E-state index contributed by atoms with van der Waals surface area (Å²) in [5.41, 5.74) is 2.69. The van der Waals surface area contributed by atoms with Gasteiger partial charge in [0.1, 0.15) is 0 Å². The summed E-state index contributed by atoms with van der Waals surface area (Å²) in [6, 6.07) is 9.59. The Morgan fingerprint density at radius 3 is 2.89 bits per heavy atom. The summed E-state index contributed by atoms with van der Waals surface area (Å²) in [5.74, 6) is 0. The zero-order valence-corrected chi connectivity index (χ0v) is 11.9. The van der Waals surface area contributed by atoms with Crippen LogP contribution >= 0.6 is 27.5 Å². The van der Waals surface area contributed by atoms with Crippen molar-refractivity contribution in [3.8, 4) is 5.69 Å². The van der Waals surface area contributed by atoms with Crippen molar-refractivity contribution in [1.29, 1.82) is 0 Å². The lowest BCUT2D eigenvalue weighted by Crippen LogP contribution is -1.97. The average Bonchev–Trinajstić information content (AvgIpc) is 2.67. The predicted molar refractivity (Wildman–Crippen MR) is 76.3 cm³/mol. The van der Waals surface area contributed by atoms with E-state index in [0.717, 1.165) is 26.9 Å². The van der Waals surface area contributed by atoms with Crippen LogP contribution in [0.4, 0.5) is 0 Å². The standard InChI is InChI=1S/C13H9BrClN3/c1-8-12-5-9(14)7-16-13(12)18(17-8)11-4-2-3-10(15)6-11/h2-7H,1H3. The van der Waals surface area contributed by atoms with E-state index in [1.165, 1.54) is 0 Å². The molecule has 90 valence electrons. The molecule has 0 fully saturated rings. The Morgan fingerprint density at radius 2 is 2.11 bits per heavy atom. The van der Waals surface area contributed by atoms with E-state index in [0.29, 0.717) is 5.02 Å². The number of rotatable bonds is 1. The fourth-order valence-electron chi connectivity index (χ4n) is 1.91. The molecule has 0 aliphatic carbocycles. The largest absolute Gasteiger partial charge is 0.235 e. The second-order valence-corrected chi connectivity index (χ2v) is 5.35. The van der Waals surface area contributed by atoms with Gasteiger partial charge in [-0.3, -0.25) is 0 Å². The highest BCUT2D eigenvalue weighted by Gasteiger charge is 2.10. The van der Waals surface area contributed by atoms with Crippen molar-refractivity contribution in [1.82, 2.24) is 14.8 Å². The van der Waals surface area contributed by atoms with E-state index in [9.17, 15) is 0 Å². The highest BCUT2D eigenvalue weighted by atomic mass is 79.9. The lowest BCUT2D eigenvalue weighted by atomic mass is 10.3. The van der Waals surface area contributed by atoms with E-state index in [1.54, 1.807) is 6.20 Å². The smallest absolute Gasteiger partial charge is 0.163 e. The SMILES string of the molecule is Cc1nn(-c2cccc(Cl)c2)c2ncc(Br)cc12. The number of nitrogens with zero attached hydrogens (tertiary/aromatic N) is 3. The fourth-order valence-corrected chi connectivity index (χ4v) is 2.42. The molecule has 0 atom stereocenters. The number of halogens is 2. The normalized spacial score (nSPS) is 11.1. The number of hydrogen-bond donors (Lipinski definition) is 0. The topological polar surface area (TPSA) is 30.7 Å². The van der Waals surface area contributed by atoms with Gasteiger partial charge in [0.2, 0.25) is 0 Å². The van der Waals surface area contributed by atoms with Gasteiger partial charge in [-0.05, 0) is 47.1 Å². The summed E-state index contributed by atoms with van der Waals surface area (Å²) in [4.78, 5) is 4.42. The average molecular weight is 323 g/mol. The Labute approximate surface area is 118 Å². The minimum atomic E-state index is 0.686. The summed E-state index contributed by atoms with van der Waals surface area (Å²) in [6.45, 7) is 1.97. The number of fused-ring (bicyclic) bond motifs is 1. The third-order valence-corrected chi connectivity index (χ3v) is 3.40. The molecular formula is C13H9BrClN3. The molecule has 0 aliphatic rings. The number of aryl methyl sites for hydroxylation is 1. The molecule has 0 bridgehead atoms. The van der Waals surface area contributed by atoms with E-state index in [2.05, 4.69) is 26.0 Å². The Bertz CT molecular complexity index is 736. The van der Waals surface area contributed by atoms with Crippen LogP contribution in [-0.4, -0.2) is 14.8 Å². The van der Waals surface area contributed by atoms with E-state index in [-0.39, 0.29) is 0 Å². The van der Waals surface area contributed by atoms with Gasteiger partial charge in [0.15, 0.2) is 5.65 Å². The van der Waals surface area contributed by atoms with Crippen LogP contribution in [0.1, 0.15) is 5.69 Å². The lowest BCUT2D eigenvalue weighted by molar-refractivity contribution is 0.877. The molecular weight excluding hydrogens is 314 g/mol. The quantitative estimate of drug-likeness (QED) is 0.674. The molecule has 3 rings (SSSR count). The molecule has 2 aromatic heterocycles. The highest BCUT2D eigenvalue weighted by Crippen LogP contribution is 2.24. The number of aromatic nitrogens is 3. The van der Waals surface area contributed by atoms with Crippen LogP contribution in [0, 0.1) is 6.92 Å². The van der Waals surface area contributed by atoms with Crippen LogP contribution in [0.15, 0.2) is 41.0 Å². The Morgan fingerprint density at radius 1 is 1.28 bits per heavy atom. The van der Waals surface area contributed by atoms with Gasteiger partial charge in [-0.1, -0.05) is 17.7 Å². The van der Waals surface area contributed by atoms with Crippen molar-refractivity contribution in [2.75, 3.05) is 0 Å². The molecule has 0 spiro atoms. The Balaban J connectivity index is 2.30. The van der Waals surface area contributed by atoms with Gasteiger partial charge in [0.05, 0.1) is 11.4 Å². The van der Waals surface area contributed by atoms with Crippen molar-refractivity contribution in [2.24, 2.45) is 0 Å². The van der Waals surface area contributed by atoms with Crippen molar-refractivity contribution >= 4 is 38.6 Å². The summed E-state index contributed by atoms with van der Waals surface area (Å²) in [6.07, 6.45) is 1.77. The van der Waals surface area contributed by atoms with Gasteiger partial charge in [-0.25, -0.2) is 9.67 Å². The highest BCUT2D eigenvalue weighted by molar-refractivity contribution is 9.10. The second-order valence-electron chi connectivity index (χ2n) is 4.00. The fraction of sp³-hybridized carbons (Fsp3) is 0.0769. The van der Waals surface area contributed by atoms with Gasteiger partial charge in [-0.15, -0.1) is 0 Å². The first-order chi connectivity index (χ1) is 8.65. The molecule has 1 aromatic carbocycles. The Hall–Kier alpha value is -1.39. The molecule has 0 N–H and O–H groups in total. The van der Waals surface area contributed by atoms with Crippen molar-refractivity contribution in [3.05, 3.63) is 51.7 Å². The number of pyridine rings is 1. The summed E-state index contributed by atoms with van der Waals surface area (Å²) < 4.78 is 2.76. The predicted octanol–water partition coefficient (Wildman–Crippen LogP) is 4.14. The van der Waals surface area contributed by atoms with Gasteiger partial charge in [0.25, 0.3) is 0 Å². The van der Waals surface area contributed by atoms with Crippen molar-refractivity contribution in [2.45, 2.75) is 6.92 Å². The Kier molecular flexibility index (Phi) is 2.84. The van der Waals surface area contributed by atoms with Crippen LogP contribution in [0.2, 0.25) is 5.02 Å². The third kappa shape index (κ3) is 1.91. The van der Waals surface area contributed by atoms with Crippen LogP contribution in [0.25, 0.3) is 16.7 Å². The van der Waals surface area contributed by atoms with Gasteiger partial charge < -0.3 is 0 Å². The lowest BCUT2D eigenvalue weighted by Gasteiger charge is -2.02. The molecule has 3 nitrogen and oxygen atoms in total. The number of hydrogen-bond acceptors (Lipinski definition) is 2. The summed E-state index contributed by atoms with van der Waals surface area (Å²) >= 11 is 9.43. The molecule has 18 heavy (non-hydrogen) atoms. The van der Waals surface area contributed by atoms with Crippen LogP contribution in [0.3, 0.4) is 0 Å². The van der Waals surface area contributed by atoms with E-state index in [4.69, 9.17) is 11.6 Å². The first-order valence-corrected chi connectivity index (χ1v) is 6.59. The maximum Gasteiger partial charge on any atom is 0.163 e. The minimum Gasteiger partial charge on any atom is -0.235 e. The molecule has 0 aliphatic heterocycles. The molecule has 2 heterocycles. The molecule has 0 saturated heterocycles. The summed E-state index contributed by atoms with van der Waals surface area (Å²) in [7, 11) is 0. The molecule has 0 unspecified atom stereocenters. The molecule has 0 amide bonds. The molecule has 0 radical (unpaired) electrons. The van der Waals surface area contributed by atoms with Crippen LogP contribution in [0.5, 0.6) is 0 Å². The second kappa shape index (κ2) is 4.37. The van der Waals surface area contributed by atoms with Crippen molar-refractivity contribution in [3.63, 3.8) is 0 Å². The van der Waals surface area contributed by atoms with Crippen LogP contribution < -0.4 is 0 Å². The zero-order chi connectivity index (χ0) is 12.7. The van der Waals surface area contributed by atoms with Crippen molar-refractivity contribution < 1.29 is 0 Å². The van der Waals surface area contributed by atoms with Crippen LogP contribution in [-0.2, 0) is 0 Å². The first kappa shape index (κ1) is 11.7. The maximum atomic E-state index is 6.01. The maximum absolute atomic E-state index is 6.01. The zero-order valence-electron chi connectivity index (χ0n) is 9.56.